The molecule has 9 aromatic rings. The fourth-order valence-corrected chi connectivity index (χ4v) is 10.3. The molecule has 2 nitrogen and oxygen atoms in total. The minimum atomic E-state index is -0.543. The fourth-order valence-electron chi connectivity index (χ4n) is 10.3. The highest BCUT2D eigenvalue weighted by atomic mass is 15.2. The Morgan fingerprint density at radius 1 is 0.458 bits per heavy atom. The first-order chi connectivity index (χ1) is 29.3. The van der Waals surface area contributed by atoms with Gasteiger partial charge in [0, 0.05) is 38.9 Å². The zero-order valence-corrected chi connectivity index (χ0v) is 32.4. The Bertz CT molecular complexity index is 3130. The van der Waals surface area contributed by atoms with E-state index in [0.29, 0.717) is 0 Å². The van der Waals surface area contributed by atoms with Gasteiger partial charge >= 0.3 is 0 Å². The lowest BCUT2D eigenvalue weighted by atomic mass is 9.70. The molecule has 0 unspecified atom stereocenters. The van der Waals surface area contributed by atoms with Crippen molar-refractivity contribution in [1.29, 1.82) is 0 Å². The fraction of sp³-hybridized carbons (Fsp3) is 0.0526. The quantitative estimate of drug-likeness (QED) is 0.167. The van der Waals surface area contributed by atoms with Crippen molar-refractivity contribution in [1.82, 2.24) is 0 Å². The highest BCUT2D eigenvalue weighted by Gasteiger charge is 2.52. The number of nitrogens with zero attached hydrogens (tertiary/aromatic N) is 2. The Hall–Kier alpha value is -7.60. The Balaban J connectivity index is 1.14. The Labute approximate surface area is 345 Å². The van der Waals surface area contributed by atoms with Gasteiger partial charge in [-0.2, -0.15) is 0 Å². The average Bonchev–Trinajstić information content (AvgIpc) is 3.77. The lowest BCUT2D eigenvalue weighted by molar-refractivity contribution is 0.793. The van der Waals surface area contributed by atoms with Gasteiger partial charge in [0.05, 0.1) is 16.8 Å². The molecule has 3 aliphatic rings. The lowest BCUT2D eigenvalue weighted by Gasteiger charge is -2.34. The second-order valence-corrected chi connectivity index (χ2v) is 15.8. The van der Waals surface area contributed by atoms with Gasteiger partial charge in [-0.25, -0.2) is 0 Å². The van der Waals surface area contributed by atoms with Crippen LogP contribution in [0, 0.1) is 12.1 Å². The number of hydrogen-bond donors (Lipinski definition) is 0. The lowest BCUT2D eigenvalue weighted by Crippen LogP contribution is -2.27. The smallest absolute Gasteiger partial charge is 0.0727 e. The van der Waals surface area contributed by atoms with Crippen LogP contribution in [0.5, 0.6) is 0 Å². The Kier molecular flexibility index (Phi) is 7.52. The topological polar surface area (TPSA) is 6.48 Å². The number of fused-ring (bicyclic) bond motifs is 12. The van der Waals surface area contributed by atoms with E-state index >= 15 is 0 Å². The van der Waals surface area contributed by atoms with Crippen molar-refractivity contribution in [3.05, 3.63) is 246 Å². The van der Waals surface area contributed by atoms with Gasteiger partial charge in [-0.05, 0) is 136 Å². The summed E-state index contributed by atoms with van der Waals surface area (Å²) in [4.78, 5) is 4.93. The molecule has 2 heteroatoms. The zero-order valence-electron chi connectivity index (χ0n) is 32.4. The highest BCUT2D eigenvalue weighted by Crippen LogP contribution is 2.64. The van der Waals surface area contributed by atoms with Gasteiger partial charge in [0.15, 0.2) is 0 Å². The number of allylic oxidation sites excluding steroid dienone is 4. The van der Waals surface area contributed by atoms with E-state index in [1.54, 1.807) is 0 Å². The van der Waals surface area contributed by atoms with E-state index in [0.717, 1.165) is 40.7 Å². The number of para-hydroxylation sites is 1. The normalized spacial score (nSPS) is 14.0. The molecule has 9 aromatic carbocycles. The van der Waals surface area contributed by atoms with Crippen LogP contribution >= 0.6 is 0 Å². The van der Waals surface area contributed by atoms with Crippen molar-refractivity contribution < 1.29 is 0 Å². The van der Waals surface area contributed by atoms with Gasteiger partial charge in [0.1, 0.15) is 0 Å². The van der Waals surface area contributed by atoms with Crippen LogP contribution in [0.4, 0.5) is 28.4 Å². The molecular weight excluding hydrogens is 713 g/mol. The molecule has 0 bridgehead atoms. The minimum absolute atomic E-state index is 0.543. The second kappa shape index (κ2) is 13.2. The number of hydrogen-bond acceptors (Lipinski definition) is 2. The van der Waals surface area contributed by atoms with Crippen LogP contribution in [0.25, 0.3) is 43.8 Å². The third-order valence-electron chi connectivity index (χ3n) is 12.7. The van der Waals surface area contributed by atoms with Crippen molar-refractivity contribution in [2.45, 2.75) is 18.3 Å². The predicted octanol–water partition coefficient (Wildman–Crippen LogP) is 14.8. The van der Waals surface area contributed by atoms with Gasteiger partial charge in [0.2, 0.25) is 0 Å². The molecular formula is C57H38N2. The second-order valence-electron chi connectivity index (χ2n) is 15.8. The molecule has 0 saturated heterocycles. The maximum atomic E-state index is 3.36. The molecule has 0 aromatic heterocycles. The van der Waals surface area contributed by atoms with Crippen LogP contribution < -0.4 is 9.80 Å². The van der Waals surface area contributed by atoms with Crippen LogP contribution in [0.1, 0.15) is 35.1 Å². The first-order valence-corrected chi connectivity index (χ1v) is 20.6. The maximum Gasteiger partial charge on any atom is 0.0727 e. The number of rotatable bonds is 6. The van der Waals surface area contributed by atoms with E-state index in [1.807, 2.05) is 6.07 Å². The van der Waals surface area contributed by atoms with Gasteiger partial charge in [-0.15, -0.1) is 0 Å². The van der Waals surface area contributed by atoms with Crippen LogP contribution in [-0.4, -0.2) is 0 Å². The number of anilines is 5. The van der Waals surface area contributed by atoms with E-state index in [-0.39, 0.29) is 0 Å². The summed E-state index contributed by atoms with van der Waals surface area (Å²) in [5.41, 5.74) is 16.9. The average molecular weight is 751 g/mol. The molecule has 0 radical (unpaired) electrons. The summed E-state index contributed by atoms with van der Waals surface area (Å²) >= 11 is 0. The summed E-state index contributed by atoms with van der Waals surface area (Å²) in [6, 6.07) is 76.0. The monoisotopic (exact) mass is 750 g/mol. The molecule has 0 amide bonds. The summed E-state index contributed by atoms with van der Waals surface area (Å²) in [5.74, 6) is 0. The maximum absolute atomic E-state index is 3.36. The number of benzene rings is 8. The van der Waals surface area contributed by atoms with E-state index in [9.17, 15) is 0 Å². The molecule has 0 aliphatic heterocycles. The van der Waals surface area contributed by atoms with Crippen LogP contribution in [0.2, 0.25) is 0 Å². The molecule has 1 spiro atoms. The predicted molar refractivity (Wildman–Crippen MR) is 245 cm³/mol. The van der Waals surface area contributed by atoms with Crippen LogP contribution in [0.3, 0.4) is 0 Å². The summed E-state index contributed by atoms with van der Waals surface area (Å²) in [7, 11) is 0. The van der Waals surface area contributed by atoms with E-state index in [4.69, 9.17) is 0 Å². The van der Waals surface area contributed by atoms with Crippen molar-refractivity contribution >= 4 is 50.0 Å². The van der Waals surface area contributed by atoms with Crippen LogP contribution in [-0.2, 0) is 5.41 Å². The third-order valence-corrected chi connectivity index (χ3v) is 12.7. The summed E-state index contributed by atoms with van der Waals surface area (Å²) in [6.45, 7) is 0. The van der Waals surface area contributed by atoms with E-state index in [2.05, 4.69) is 222 Å². The van der Waals surface area contributed by atoms with Gasteiger partial charge in [-0.3, -0.25) is 0 Å². The van der Waals surface area contributed by atoms with Crippen molar-refractivity contribution in [3.8, 4) is 22.3 Å². The molecule has 0 fully saturated rings. The van der Waals surface area contributed by atoms with Crippen molar-refractivity contribution in [2.75, 3.05) is 9.80 Å². The molecule has 12 rings (SSSR count). The summed E-state index contributed by atoms with van der Waals surface area (Å²) in [5, 5.41) is 4.66. The molecule has 276 valence electrons. The molecule has 0 atom stereocenters. The molecule has 0 N–H and O–H groups in total. The first kappa shape index (κ1) is 33.5. The Morgan fingerprint density at radius 3 is 1.80 bits per heavy atom. The molecule has 59 heavy (non-hydrogen) atoms. The highest BCUT2D eigenvalue weighted by molar-refractivity contribution is 6.02. The largest absolute Gasteiger partial charge is 0.314 e. The molecule has 0 heterocycles. The molecule has 3 aliphatic carbocycles. The van der Waals surface area contributed by atoms with Gasteiger partial charge in [0.25, 0.3) is 0 Å². The summed E-state index contributed by atoms with van der Waals surface area (Å²) in [6.07, 6.45) is 8.78. The minimum Gasteiger partial charge on any atom is -0.314 e. The van der Waals surface area contributed by atoms with Crippen molar-refractivity contribution in [3.63, 3.8) is 0 Å². The summed E-state index contributed by atoms with van der Waals surface area (Å²) < 4.78 is 0. The van der Waals surface area contributed by atoms with E-state index < -0.39 is 5.41 Å². The van der Waals surface area contributed by atoms with Gasteiger partial charge < -0.3 is 9.80 Å². The third kappa shape index (κ3) is 4.95. The first-order valence-electron chi connectivity index (χ1n) is 20.6. The zero-order chi connectivity index (χ0) is 38.9. The Morgan fingerprint density at radius 2 is 1.07 bits per heavy atom. The molecule has 0 saturated carbocycles. The van der Waals surface area contributed by atoms with Crippen molar-refractivity contribution in [2.24, 2.45) is 0 Å². The SMILES string of the molecule is c1ccc2c(N(c3ccccc3)c3ccc4c(c3)C3(c5ccccc5-c5ccccc53)c3cc(N(C5=CC=CCC5)c5cccc6ccccc56)ccc3-4)cccc2c#1. The van der Waals surface area contributed by atoms with Gasteiger partial charge in [-0.1, -0.05) is 146 Å². The van der Waals surface area contributed by atoms with E-state index in [1.165, 1.54) is 72.4 Å². The standard InChI is InChI=1S/C57H38N2/c1-3-21-41(22-4-1)58(55-31-15-19-39-17-7-9-25-45(39)55)43-33-35-49-50-36-34-44(59(42-23-5-2-6-24-42)56-32-16-20-40-18-8-10-26-46(40)56)38-54(50)57(53(49)37-43)51-29-13-11-27-47(51)48-28-12-14-30-52(48)57/h1-5,8-16,18-23,25-38H,6,24H2. The van der Waals surface area contributed by atoms with Crippen LogP contribution in [0.15, 0.2) is 212 Å².